The van der Waals surface area contributed by atoms with Crippen LogP contribution in [-0.2, 0) is 6.18 Å². The van der Waals surface area contributed by atoms with Gasteiger partial charge >= 0.3 is 6.18 Å². The van der Waals surface area contributed by atoms with E-state index in [1.807, 2.05) is 0 Å². The molecule has 0 saturated carbocycles. The zero-order valence-corrected chi connectivity index (χ0v) is 10.5. The highest BCUT2D eigenvalue weighted by Crippen LogP contribution is 2.34. The molecule has 0 bridgehead atoms. The largest absolute Gasteiger partial charge is 0.416 e. The van der Waals surface area contributed by atoms with Crippen LogP contribution in [0.1, 0.15) is 18.9 Å². The number of nitrogen functional groups attached to an aromatic ring is 1. The van der Waals surface area contributed by atoms with Crippen LogP contribution in [0.2, 0.25) is 0 Å². The lowest BCUT2D eigenvalue weighted by atomic mass is 10.2. The van der Waals surface area contributed by atoms with Crippen LogP contribution in [0.5, 0.6) is 0 Å². The average molecular weight is 281 g/mol. The van der Waals surface area contributed by atoms with Crippen LogP contribution in [0, 0.1) is 0 Å². The molecule has 0 aliphatic rings. The van der Waals surface area contributed by atoms with Gasteiger partial charge in [-0.15, -0.1) is 11.8 Å². The molecule has 1 aromatic heterocycles. The van der Waals surface area contributed by atoms with Gasteiger partial charge in [-0.1, -0.05) is 6.92 Å². The van der Waals surface area contributed by atoms with E-state index in [4.69, 9.17) is 10.9 Å². The summed E-state index contributed by atoms with van der Waals surface area (Å²) in [5, 5.41) is 8.94. The topological polar surface area (TPSA) is 71.2 Å². The van der Waals surface area contributed by atoms with Crippen molar-refractivity contribution in [3.63, 3.8) is 0 Å². The van der Waals surface area contributed by atoms with Gasteiger partial charge in [0, 0.05) is 11.9 Å². The van der Waals surface area contributed by atoms with Crippen molar-refractivity contribution < 1.29 is 18.3 Å². The van der Waals surface area contributed by atoms with E-state index in [2.05, 4.69) is 10.4 Å². The summed E-state index contributed by atoms with van der Waals surface area (Å²) in [6, 6.07) is 1.82. The molecule has 0 amide bonds. The highest BCUT2D eigenvalue weighted by Gasteiger charge is 2.31. The molecule has 0 radical (unpaired) electrons. The Bertz CT molecular complexity index is 400. The van der Waals surface area contributed by atoms with Crippen LogP contribution in [0.25, 0.3) is 0 Å². The normalized spacial score (nSPS) is 13.4. The monoisotopic (exact) mass is 281 g/mol. The number of nitrogens with two attached hydrogens (primary N) is 1. The Morgan fingerprint density at radius 1 is 1.50 bits per heavy atom. The van der Waals surface area contributed by atoms with E-state index in [1.54, 1.807) is 6.92 Å². The van der Waals surface area contributed by atoms with Crippen LogP contribution in [0.4, 0.5) is 19.0 Å². The van der Waals surface area contributed by atoms with Gasteiger partial charge in [0.2, 0.25) is 0 Å². The molecule has 1 atom stereocenters. The number of alkyl halides is 3. The zero-order chi connectivity index (χ0) is 13.8. The van der Waals surface area contributed by atoms with Crippen LogP contribution in [-0.4, -0.2) is 21.9 Å². The van der Waals surface area contributed by atoms with Gasteiger partial charge < -0.3 is 10.5 Å². The molecular formula is C10H14F3N3OS. The molecule has 0 saturated heterocycles. The smallest absolute Gasteiger partial charge is 0.396 e. The van der Waals surface area contributed by atoms with Crippen molar-refractivity contribution in [1.82, 2.24) is 4.98 Å². The number of halogens is 3. The summed E-state index contributed by atoms with van der Waals surface area (Å²) in [6.45, 7) is 1.79. The van der Waals surface area contributed by atoms with E-state index >= 15 is 0 Å². The van der Waals surface area contributed by atoms with E-state index in [9.17, 15) is 13.2 Å². The third-order valence-corrected chi connectivity index (χ3v) is 3.22. The first-order valence-corrected chi connectivity index (χ1v) is 6.08. The molecule has 1 heterocycles. The van der Waals surface area contributed by atoms with E-state index in [0.29, 0.717) is 6.42 Å². The summed E-state index contributed by atoms with van der Waals surface area (Å²) in [5.41, 5.74) is 1.31. The number of aromatic nitrogens is 1. The lowest BCUT2D eigenvalue weighted by molar-refractivity contribution is -0.137. The molecule has 1 aromatic rings. The maximum Gasteiger partial charge on any atom is 0.416 e. The Kier molecular flexibility index (Phi) is 5.24. The van der Waals surface area contributed by atoms with Crippen molar-refractivity contribution in [2.24, 2.45) is 5.84 Å². The van der Waals surface area contributed by atoms with Crippen molar-refractivity contribution >= 4 is 17.6 Å². The molecule has 4 N–H and O–H groups in total. The van der Waals surface area contributed by atoms with Crippen LogP contribution < -0.4 is 11.3 Å². The summed E-state index contributed by atoms with van der Waals surface area (Å²) >= 11 is 1.16. The minimum atomic E-state index is -4.44. The molecule has 0 aliphatic heterocycles. The highest BCUT2D eigenvalue weighted by atomic mass is 32.2. The predicted molar refractivity (Wildman–Crippen MR) is 64.1 cm³/mol. The molecular weight excluding hydrogens is 267 g/mol. The van der Waals surface area contributed by atoms with Gasteiger partial charge in [-0.3, -0.25) is 0 Å². The van der Waals surface area contributed by atoms with Gasteiger partial charge in [0.1, 0.15) is 5.82 Å². The number of aliphatic hydroxyl groups excluding tert-OH is 1. The minimum absolute atomic E-state index is 0.0187. The van der Waals surface area contributed by atoms with Crippen molar-refractivity contribution in [3.8, 4) is 0 Å². The number of rotatable bonds is 5. The van der Waals surface area contributed by atoms with Crippen LogP contribution in [0.3, 0.4) is 0 Å². The van der Waals surface area contributed by atoms with Crippen molar-refractivity contribution in [3.05, 3.63) is 17.7 Å². The lowest BCUT2D eigenvalue weighted by Gasteiger charge is -2.13. The molecule has 8 heteroatoms. The van der Waals surface area contributed by atoms with Gasteiger partial charge in [-0.05, 0) is 18.6 Å². The van der Waals surface area contributed by atoms with Gasteiger partial charge in [0.05, 0.1) is 10.6 Å². The first-order chi connectivity index (χ1) is 8.36. The minimum Gasteiger partial charge on any atom is -0.396 e. The van der Waals surface area contributed by atoms with Crippen LogP contribution >= 0.6 is 11.8 Å². The Balaban J connectivity index is 2.97. The summed E-state index contributed by atoms with van der Waals surface area (Å²) < 4.78 is 37.9. The van der Waals surface area contributed by atoms with Crippen LogP contribution in [0.15, 0.2) is 17.2 Å². The Morgan fingerprint density at radius 3 is 2.67 bits per heavy atom. The molecule has 18 heavy (non-hydrogen) atoms. The second kappa shape index (κ2) is 6.26. The fourth-order valence-corrected chi connectivity index (χ4v) is 2.23. The standard InChI is InChI=1S/C10H14F3N3OS/c1-6(2-3-17)18-9-5-7(10(11,12)13)4-8(15-9)16-14/h4-6,17H,2-3,14H2,1H3,(H,15,16). The summed E-state index contributed by atoms with van der Waals surface area (Å²) in [4.78, 5) is 3.93. The maximum atomic E-state index is 12.6. The molecule has 0 fully saturated rings. The first kappa shape index (κ1) is 15.1. The van der Waals surface area contributed by atoms with Gasteiger partial charge in [-0.2, -0.15) is 13.2 Å². The first-order valence-electron chi connectivity index (χ1n) is 5.20. The molecule has 0 aliphatic carbocycles. The predicted octanol–water partition coefficient (Wildman–Crippen LogP) is 2.25. The Hall–Kier alpha value is -0.990. The number of hydrogen-bond acceptors (Lipinski definition) is 5. The van der Waals surface area contributed by atoms with E-state index in [0.717, 1.165) is 23.9 Å². The number of hydrazine groups is 1. The number of hydrogen-bond donors (Lipinski definition) is 3. The van der Waals surface area contributed by atoms with E-state index in [1.165, 1.54) is 0 Å². The molecule has 1 unspecified atom stereocenters. The summed E-state index contributed by atoms with van der Waals surface area (Å²) in [5.74, 6) is 5.05. The molecule has 0 spiro atoms. The number of pyridine rings is 1. The highest BCUT2D eigenvalue weighted by molar-refractivity contribution is 7.99. The molecule has 102 valence electrons. The maximum absolute atomic E-state index is 12.6. The Labute approximate surface area is 107 Å². The third kappa shape index (κ3) is 4.35. The average Bonchev–Trinajstić information content (AvgIpc) is 2.27. The Morgan fingerprint density at radius 2 is 2.17 bits per heavy atom. The van der Waals surface area contributed by atoms with Gasteiger partial charge in [0.25, 0.3) is 0 Å². The number of thioether (sulfide) groups is 1. The van der Waals surface area contributed by atoms with Crippen molar-refractivity contribution in [2.45, 2.75) is 29.8 Å². The molecule has 0 aromatic carbocycles. The number of anilines is 1. The summed E-state index contributed by atoms with van der Waals surface area (Å²) in [7, 11) is 0. The number of aliphatic hydroxyl groups is 1. The fraction of sp³-hybridized carbons (Fsp3) is 0.500. The van der Waals surface area contributed by atoms with Crippen molar-refractivity contribution in [2.75, 3.05) is 12.0 Å². The fourth-order valence-electron chi connectivity index (χ4n) is 1.25. The molecule has 4 nitrogen and oxygen atoms in total. The van der Waals surface area contributed by atoms with E-state index in [-0.39, 0.29) is 22.7 Å². The van der Waals surface area contributed by atoms with Crippen molar-refractivity contribution in [1.29, 1.82) is 0 Å². The molecule has 1 rings (SSSR count). The van der Waals surface area contributed by atoms with E-state index < -0.39 is 11.7 Å². The SMILES string of the molecule is CC(CCO)Sc1cc(C(F)(F)F)cc(NN)n1. The quantitative estimate of drug-likeness (QED) is 0.438. The van der Waals surface area contributed by atoms with Gasteiger partial charge in [-0.25, -0.2) is 10.8 Å². The number of nitrogens with one attached hydrogen (secondary N) is 1. The lowest BCUT2D eigenvalue weighted by Crippen LogP contribution is -2.13. The summed E-state index contributed by atoms with van der Waals surface area (Å²) in [6.07, 6.45) is -3.96. The van der Waals surface area contributed by atoms with Gasteiger partial charge in [0.15, 0.2) is 0 Å². The second-order valence-corrected chi connectivity index (χ2v) is 5.12. The zero-order valence-electron chi connectivity index (χ0n) is 9.66. The second-order valence-electron chi connectivity index (χ2n) is 3.66. The third-order valence-electron chi connectivity index (χ3n) is 2.13. The number of nitrogens with zero attached hydrogens (tertiary/aromatic N) is 1.